The van der Waals surface area contributed by atoms with Gasteiger partial charge in [0.25, 0.3) is 0 Å². The van der Waals surface area contributed by atoms with Gasteiger partial charge in [0.05, 0.1) is 0 Å². The summed E-state index contributed by atoms with van der Waals surface area (Å²) < 4.78 is 0. The van der Waals surface area contributed by atoms with Crippen molar-refractivity contribution in [3.05, 3.63) is 0 Å². The predicted octanol–water partition coefficient (Wildman–Crippen LogP) is 3.22. The van der Waals surface area contributed by atoms with Crippen LogP contribution in [0.5, 0.6) is 0 Å². The van der Waals surface area contributed by atoms with E-state index in [2.05, 4.69) is 65.3 Å². The monoisotopic (exact) mass is 228 g/mol. The van der Waals surface area contributed by atoms with E-state index in [9.17, 15) is 0 Å². The minimum atomic E-state index is 0.638. The summed E-state index contributed by atoms with van der Waals surface area (Å²) in [5.74, 6) is 0. The fourth-order valence-electron chi connectivity index (χ4n) is 2.41. The van der Waals surface area contributed by atoms with Crippen molar-refractivity contribution in [3.63, 3.8) is 0 Å². The molecular weight excluding hydrogens is 196 g/mol. The van der Waals surface area contributed by atoms with Crippen LogP contribution < -0.4 is 0 Å². The average molecular weight is 228 g/mol. The molecule has 0 aliphatic carbocycles. The second-order valence-corrected chi connectivity index (χ2v) is 5.85. The lowest BCUT2D eigenvalue weighted by atomic mass is 10.1. The molecule has 0 radical (unpaired) electrons. The molecule has 1 atom stereocenters. The average Bonchev–Trinajstić information content (AvgIpc) is 2.12. The third-order valence-corrected chi connectivity index (χ3v) is 3.48. The molecular formula is C14H32N2. The molecule has 0 saturated carbocycles. The maximum atomic E-state index is 2.61. The normalized spacial score (nSPS) is 14.8. The summed E-state index contributed by atoms with van der Waals surface area (Å²) in [5.41, 5.74) is 0. The van der Waals surface area contributed by atoms with Crippen molar-refractivity contribution < 1.29 is 0 Å². The van der Waals surface area contributed by atoms with Crippen molar-refractivity contribution in [1.82, 2.24) is 9.80 Å². The van der Waals surface area contributed by atoms with Crippen molar-refractivity contribution in [2.24, 2.45) is 0 Å². The first kappa shape index (κ1) is 15.9. The molecule has 0 aromatic carbocycles. The largest absolute Gasteiger partial charge is 0.304 e. The zero-order valence-corrected chi connectivity index (χ0v) is 12.6. The molecule has 0 fully saturated rings. The van der Waals surface area contributed by atoms with Crippen LogP contribution >= 0.6 is 0 Å². The van der Waals surface area contributed by atoms with Gasteiger partial charge in [0.2, 0.25) is 0 Å². The Bertz CT molecular complexity index is 168. The Labute approximate surface area is 103 Å². The molecule has 16 heavy (non-hydrogen) atoms. The standard InChI is InChI=1S/C14H32N2/c1-11(2)15(8)10-9-14(7)16(12(3)4)13(5)6/h11-14H,9-10H2,1-8H3. The first-order chi connectivity index (χ1) is 7.27. The molecule has 0 aliphatic rings. The maximum absolute atomic E-state index is 2.61. The number of hydrogen-bond acceptors (Lipinski definition) is 2. The highest BCUT2D eigenvalue weighted by molar-refractivity contribution is 4.75. The molecule has 0 aromatic heterocycles. The fraction of sp³-hybridized carbons (Fsp3) is 1.00. The Morgan fingerprint density at radius 2 is 1.19 bits per heavy atom. The lowest BCUT2D eigenvalue weighted by molar-refractivity contribution is 0.106. The molecule has 0 amide bonds. The Kier molecular flexibility index (Phi) is 7.25. The van der Waals surface area contributed by atoms with Gasteiger partial charge in [-0.1, -0.05) is 0 Å². The Morgan fingerprint density at radius 3 is 1.50 bits per heavy atom. The molecule has 2 heteroatoms. The topological polar surface area (TPSA) is 6.48 Å². The van der Waals surface area contributed by atoms with Crippen LogP contribution in [0.2, 0.25) is 0 Å². The summed E-state index contributed by atoms with van der Waals surface area (Å²) >= 11 is 0. The zero-order valence-electron chi connectivity index (χ0n) is 12.6. The third kappa shape index (κ3) is 5.31. The van der Waals surface area contributed by atoms with Gasteiger partial charge in [-0.05, 0) is 68.5 Å². The summed E-state index contributed by atoms with van der Waals surface area (Å²) in [6, 6.07) is 2.60. The molecule has 0 N–H and O–H groups in total. The van der Waals surface area contributed by atoms with E-state index in [0.29, 0.717) is 24.2 Å². The van der Waals surface area contributed by atoms with Crippen LogP contribution in [-0.2, 0) is 0 Å². The molecule has 0 spiro atoms. The van der Waals surface area contributed by atoms with Crippen molar-refractivity contribution in [2.75, 3.05) is 13.6 Å². The van der Waals surface area contributed by atoms with E-state index < -0.39 is 0 Å². The van der Waals surface area contributed by atoms with E-state index in [4.69, 9.17) is 0 Å². The summed E-state index contributed by atoms with van der Waals surface area (Å²) in [7, 11) is 2.21. The minimum Gasteiger partial charge on any atom is -0.304 e. The Balaban J connectivity index is 4.16. The fourth-order valence-corrected chi connectivity index (χ4v) is 2.41. The summed E-state index contributed by atoms with van der Waals surface area (Å²) in [6.07, 6.45) is 1.26. The lowest BCUT2D eigenvalue weighted by Gasteiger charge is -2.37. The molecule has 1 unspecified atom stereocenters. The van der Waals surface area contributed by atoms with Gasteiger partial charge in [-0.2, -0.15) is 0 Å². The number of hydrogen-bond donors (Lipinski definition) is 0. The van der Waals surface area contributed by atoms with E-state index >= 15 is 0 Å². The van der Waals surface area contributed by atoms with Crippen molar-refractivity contribution >= 4 is 0 Å². The second kappa shape index (κ2) is 7.29. The first-order valence-corrected chi connectivity index (χ1v) is 6.75. The van der Waals surface area contributed by atoms with Crippen LogP contribution in [0.25, 0.3) is 0 Å². The van der Waals surface area contributed by atoms with Crippen molar-refractivity contribution in [2.45, 2.75) is 79.1 Å². The summed E-state index contributed by atoms with van der Waals surface area (Å²) in [5, 5.41) is 0. The molecule has 0 aliphatic heterocycles. The molecule has 0 bridgehead atoms. The van der Waals surface area contributed by atoms with Gasteiger partial charge >= 0.3 is 0 Å². The van der Waals surface area contributed by atoms with Crippen LogP contribution in [0.1, 0.15) is 54.9 Å². The summed E-state index contributed by atoms with van der Waals surface area (Å²) in [6.45, 7) is 17.2. The van der Waals surface area contributed by atoms with Gasteiger partial charge in [-0.3, -0.25) is 4.90 Å². The van der Waals surface area contributed by atoms with E-state index in [1.165, 1.54) is 13.0 Å². The SMILES string of the molecule is CC(C)N(C)CCC(C)N(C(C)C)C(C)C. The molecule has 0 aromatic rings. The highest BCUT2D eigenvalue weighted by Crippen LogP contribution is 2.13. The van der Waals surface area contributed by atoms with Crippen LogP contribution in [0.3, 0.4) is 0 Å². The highest BCUT2D eigenvalue weighted by Gasteiger charge is 2.20. The summed E-state index contributed by atoms with van der Waals surface area (Å²) in [4.78, 5) is 5.03. The minimum absolute atomic E-state index is 0.638. The van der Waals surface area contributed by atoms with Crippen molar-refractivity contribution in [3.8, 4) is 0 Å². The van der Waals surface area contributed by atoms with Crippen LogP contribution in [0.4, 0.5) is 0 Å². The predicted molar refractivity (Wildman–Crippen MR) is 74.0 cm³/mol. The zero-order chi connectivity index (χ0) is 12.9. The van der Waals surface area contributed by atoms with Gasteiger partial charge in [0.15, 0.2) is 0 Å². The van der Waals surface area contributed by atoms with Gasteiger partial charge in [0.1, 0.15) is 0 Å². The van der Waals surface area contributed by atoms with Crippen LogP contribution in [0.15, 0.2) is 0 Å². The second-order valence-electron chi connectivity index (χ2n) is 5.85. The molecule has 0 saturated heterocycles. The molecule has 0 rings (SSSR count). The van der Waals surface area contributed by atoms with Gasteiger partial charge in [-0.15, -0.1) is 0 Å². The smallest absolute Gasteiger partial charge is 0.00845 e. The van der Waals surface area contributed by atoms with E-state index in [1.54, 1.807) is 0 Å². The Morgan fingerprint density at radius 1 is 0.750 bits per heavy atom. The quantitative estimate of drug-likeness (QED) is 0.660. The van der Waals surface area contributed by atoms with Gasteiger partial charge in [0, 0.05) is 24.2 Å². The molecule has 2 nitrogen and oxygen atoms in total. The maximum Gasteiger partial charge on any atom is 0.00845 e. The van der Waals surface area contributed by atoms with Gasteiger partial charge in [-0.25, -0.2) is 0 Å². The molecule has 98 valence electrons. The first-order valence-electron chi connectivity index (χ1n) is 6.75. The van der Waals surface area contributed by atoms with E-state index in [0.717, 1.165) is 0 Å². The lowest BCUT2D eigenvalue weighted by Crippen LogP contribution is -2.45. The van der Waals surface area contributed by atoms with Crippen molar-refractivity contribution in [1.29, 1.82) is 0 Å². The van der Waals surface area contributed by atoms with Crippen LogP contribution in [0, 0.1) is 0 Å². The van der Waals surface area contributed by atoms with Gasteiger partial charge < -0.3 is 4.90 Å². The number of nitrogens with zero attached hydrogens (tertiary/aromatic N) is 2. The third-order valence-electron chi connectivity index (χ3n) is 3.48. The molecule has 0 heterocycles. The van der Waals surface area contributed by atoms with E-state index in [-0.39, 0.29) is 0 Å². The van der Waals surface area contributed by atoms with Crippen LogP contribution in [-0.4, -0.2) is 47.6 Å². The van der Waals surface area contributed by atoms with E-state index in [1.807, 2.05) is 0 Å². The highest BCUT2D eigenvalue weighted by atomic mass is 15.2. The Hall–Kier alpha value is -0.0800. The number of rotatable bonds is 7.